The zero-order chi connectivity index (χ0) is 24.2. The third-order valence-corrected chi connectivity index (χ3v) is 5.55. The highest BCUT2D eigenvalue weighted by Gasteiger charge is 2.34. The molecule has 1 aliphatic rings. The van der Waals surface area contributed by atoms with Gasteiger partial charge in [0.15, 0.2) is 5.11 Å². The summed E-state index contributed by atoms with van der Waals surface area (Å²) in [6.07, 6.45) is 1.48. The van der Waals surface area contributed by atoms with Gasteiger partial charge in [-0.15, -0.1) is 0 Å². The van der Waals surface area contributed by atoms with Gasteiger partial charge in [0.2, 0.25) is 0 Å². The van der Waals surface area contributed by atoms with Crippen molar-refractivity contribution in [2.75, 3.05) is 12.0 Å². The summed E-state index contributed by atoms with van der Waals surface area (Å²) >= 11 is 11.2. The lowest BCUT2D eigenvalue weighted by molar-refractivity contribution is -0.122. The topological polar surface area (TPSA) is 67.9 Å². The second kappa shape index (κ2) is 10.0. The molecule has 172 valence electrons. The Morgan fingerprint density at radius 3 is 2.44 bits per heavy atom. The van der Waals surface area contributed by atoms with Gasteiger partial charge in [-0.2, -0.15) is 0 Å². The van der Waals surface area contributed by atoms with Crippen LogP contribution in [0.1, 0.15) is 11.1 Å². The Labute approximate surface area is 205 Å². The molecular weight excluding hydrogens is 479 g/mol. The number of nitrogens with one attached hydrogen (secondary N) is 1. The maximum absolute atomic E-state index is 13.2. The van der Waals surface area contributed by atoms with Gasteiger partial charge in [0, 0.05) is 10.6 Å². The third kappa shape index (κ3) is 5.08. The fourth-order valence-corrected chi connectivity index (χ4v) is 3.75. The average Bonchev–Trinajstić information content (AvgIpc) is 2.82. The van der Waals surface area contributed by atoms with Crippen LogP contribution in [0.3, 0.4) is 0 Å². The van der Waals surface area contributed by atoms with E-state index in [0.717, 1.165) is 0 Å². The Hall–Kier alpha value is -3.75. The summed E-state index contributed by atoms with van der Waals surface area (Å²) in [5, 5.41) is 3.04. The molecule has 0 spiro atoms. The number of halogens is 2. The molecule has 1 saturated heterocycles. The summed E-state index contributed by atoms with van der Waals surface area (Å²) < 4.78 is 24.2. The summed E-state index contributed by atoms with van der Waals surface area (Å²) in [5.74, 6) is -0.467. The SMILES string of the molecule is COc1ccc(C=C2C(=O)NC(=S)N(c3ccc(Cl)cc3)C2=O)cc1COc1ccc(F)cc1. The van der Waals surface area contributed by atoms with Crippen LogP contribution < -0.4 is 19.7 Å². The summed E-state index contributed by atoms with van der Waals surface area (Å²) in [7, 11) is 1.53. The van der Waals surface area contributed by atoms with E-state index >= 15 is 0 Å². The van der Waals surface area contributed by atoms with Crippen molar-refractivity contribution in [2.24, 2.45) is 0 Å². The van der Waals surface area contributed by atoms with Gasteiger partial charge in [-0.05, 0) is 84.5 Å². The lowest BCUT2D eigenvalue weighted by Crippen LogP contribution is -2.54. The molecule has 0 atom stereocenters. The van der Waals surface area contributed by atoms with Crippen molar-refractivity contribution < 1.29 is 23.5 Å². The highest BCUT2D eigenvalue weighted by molar-refractivity contribution is 7.80. The number of hydrogen-bond donors (Lipinski definition) is 1. The standard InChI is InChI=1S/C25H18ClFN2O4S/c1-32-22-11-2-15(12-16(22)14-33-20-9-5-18(27)6-10-20)13-21-23(30)28-25(34)29(24(21)31)19-7-3-17(26)4-8-19/h2-13H,14H2,1H3,(H,28,30,34). The quantitative estimate of drug-likeness (QED) is 0.299. The van der Waals surface area contributed by atoms with Crippen molar-refractivity contribution in [1.82, 2.24) is 5.32 Å². The third-order valence-electron chi connectivity index (χ3n) is 5.01. The molecule has 9 heteroatoms. The van der Waals surface area contributed by atoms with Crippen molar-refractivity contribution in [3.8, 4) is 11.5 Å². The van der Waals surface area contributed by atoms with Gasteiger partial charge in [0.1, 0.15) is 29.5 Å². The van der Waals surface area contributed by atoms with E-state index in [-0.39, 0.29) is 23.1 Å². The molecule has 3 aromatic rings. The summed E-state index contributed by atoms with van der Waals surface area (Å²) in [6.45, 7) is 0.132. The molecule has 0 aromatic heterocycles. The molecule has 0 bridgehead atoms. The molecule has 6 nitrogen and oxygen atoms in total. The number of methoxy groups -OCH3 is 1. The second-order valence-corrected chi connectivity index (χ2v) is 8.07. The van der Waals surface area contributed by atoms with Crippen LogP contribution in [0.15, 0.2) is 72.3 Å². The highest BCUT2D eigenvalue weighted by Crippen LogP contribution is 2.26. The van der Waals surface area contributed by atoms with E-state index < -0.39 is 11.8 Å². The minimum Gasteiger partial charge on any atom is -0.496 e. The van der Waals surface area contributed by atoms with Crippen LogP contribution in [0.2, 0.25) is 5.02 Å². The molecule has 4 rings (SSSR count). The molecule has 1 heterocycles. The van der Waals surface area contributed by atoms with E-state index in [1.807, 2.05) is 0 Å². The lowest BCUT2D eigenvalue weighted by Gasteiger charge is -2.29. The van der Waals surface area contributed by atoms with Crippen molar-refractivity contribution >= 4 is 52.5 Å². The summed E-state index contributed by atoms with van der Waals surface area (Å²) in [6, 6.07) is 17.4. The molecule has 3 aromatic carbocycles. The van der Waals surface area contributed by atoms with Crippen molar-refractivity contribution in [1.29, 1.82) is 0 Å². The number of rotatable bonds is 6. The number of anilines is 1. The average molecular weight is 497 g/mol. The Bertz CT molecular complexity index is 1290. The first kappa shape index (κ1) is 23.4. The van der Waals surface area contributed by atoms with E-state index in [1.165, 1.54) is 42.4 Å². The van der Waals surface area contributed by atoms with Crippen molar-refractivity contribution in [3.05, 3.63) is 94.3 Å². The van der Waals surface area contributed by atoms with E-state index in [9.17, 15) is 14.0 Å². The summed E-state index contributed by atoms with van der Waals surface area (Å²) in [4.78, 5) is 27.0. The fraction of sp³-hybridized carbons (Fsp3) is 0.0800. The molecule has 0 unspecified atom stereocenters. The predicted octanol–water partition coefficient (Wildman–Crippen LogP) is 4.90. The summed E-state index contributed by atoms with van der Waals surface area (Å²) in [5.41, 5.74) is 1.66. The molecule has 1 fully saturated rings. The maximum Gasteiger partial charge on any atom is 0.270 e. The maximum atomic E-state index is 13.2. The molecule has 0 radical (unpaired) electrons. The number of amides is 2. The molecule has 1 aliphatic heterocycles. The van der Waals surface area contributed by atoms with Gasteiger partial charge in [-0.25, -0.2) is 4.39 Å². The van der Waals surface area contributed by atoms with Crippen LogP contribution in [-0.2, 0) is 16.2 Å². The number of benzene rings is 3. The van der Waals surface area contributed by atoms with Gasteiger partial charge in [-0.1, -0.05) is 17.7 Å². The van der Waals surface area contributed by atoms with Gasteiger partial charge in [-0.3, -0.25) is 19.8 Å². The number of thiocarbonyl (C=S) groups is 1. The molecule has 1 N–H and O–H groups in total. The lowest BCUT2D eigenvalue weighted by atomic mass is 10.0. The van der Waals surface area contributed by atoms with E-state index in [0.29, 0.717) is 33.3 Å². The molecule has 0 saturated carbocycles. The Kier molecular flexibility index (Phi) is 6.90. The van der Waals surface area contributed by atoms with Crippen LogP contribution in [0.25, 0.3) is 6.08 Å². The van der Waals surface area contributed by atoms with E-state index in [1.54, 1.807) is 42.5 Å². The van der Waals surface area contributed by atoms with Crippen molar-refractivity contribution in [2.45, 2.75) is 6.61 Å². The first-order valence-corrected chi connectivity index (χ1v) is 10.9. The first-order chi connectivity index (χ1) is 16.4. The predicted molar refractivity (Wildman–Crippen MR) is 131 cm³/mol. The van der Waals surface area contributed by atoms with Gasteiger partial charge in [0.05, 0.1) is 12.8 Å². The Balaban J connectivity index is 1.62. The Morgan fingerprint density at radius 2 is 1.76 bits per heavy atom. The first-order valence-electron chi connectivity index (χ1n) is 10.1. The normalized spacial score (nSPS) is 14.9. The van der Waals surface area contributed by atoms with Gasteiger partial charge < -0.3 is 9.47 Å². The minimum atomic E-state index is -0.597. The highest BCUT2D eigenvalue weighted by atomic mass is 35.5. The van der Waals surface area contributed by atoms with Crippen LogP contribution in [0, 0.1) is 5.82 Å². The van der Waals surface area contributed by atoms with Gasteiger partial charge in [0.25, 0.3) is 11.8 Å². The Morgan fingerprint density at radius 1 is 1.06 bits per heavy atom. The zero-order valence-corrected chi connectivity index (χ0v) is 19.5. The van der Waals surface area contributed by atoms with Crippen LogP contribution in [-0.4, -0.2) is 24.0 Å². The fourth-order valence-electron chi connectivity index (χ4n) is 3.34. The monoisotopic (exact) mass is 496 g/mol. The molecule has 34 heavy (non-hydrogen) atoms. The number of carbonyl (C=O) groups is 2. The van der Waals surface area contributed by atoms with Gasteiger partial charge >= 0.3 is 0 Å². The molecule has 0 aliphatic carbocycles. The smallest absolute Gasteiger partial charge is 0.270 e. The molecular formula is C25H18ClFN2O4S. The number of nitrogens with zero attached hydrogens (tertiary/aromatic N) is 1. The van der Waals surface area contributed by atoms with E-state index in [4.69, 9.17) is 33.3 Å². The van der Waals surface area contributed by atoms with E-state index in [2.05, 4.69) is 5.32 Å². The van der Waals surface area contributed by atoms with Crippen LogP contribution in [0.5, 0.6) is 11.5 Å². The molecule has 2 amide bonds. The largest absolute Gasteiger partial charge is 0.496 e. The zero-order valence-electron chi connectivity index (χ0n) is 17.9. The number of ether oxygens (including phenoxy) is 2. The second-order valence-electron chi connectivity index (χ2n) is 7.25. The minimum absolute atomic E-state index is 0.0161. The van der Waals surface area contributed by atoms with Crippen LogP contribution in [0.4, 0.5) is 10.1 Å². The van der Waals surface area contributed by atoms with Crippen molar-refractivity contribution in [3.63, 3.8) is 0 Å². The number of carbonyl (C=O) groups excluding carboxylic acids is 2. The van der Waals surface area contributed by atoms with Crippen LogP contribution >= 0.6 is 23.8 Å². The number of hydrogen-bond acceptors (Lipinski definition) is 5.